The fourth-order valence-corrected chi connectivity index (χ4v) is 1.91. The Bertz CT molecular complexity index is 296. The SMILES string of the molecule is Cn1ccc(C(=O)CSCCCO)c1. The average Bonchev–Trinajstić information content (AvgIpc) is 2.59. The van der Waals surface area contributed by atoms with Gasteiger partial charge >= 0.3 is 0 Å². The molecule has 0 fully saturated rings. The van der Waals surface area contributed by atoms with E-state index in [1.54, 1.807) is 11.8 Å². The molecule has 0 aliphatic carbocycles. The van der Waals surface area contributed by atoms with Crippen LogP contribution in [-0.4, -0.2) is 33.6 Å². The second-order valence-corrected chi connectivity index (χ2v) is 4.22. The van der Waals surface area contributed by atoms with Crippen molar-refractivity contribution in [1.29, 1.82) is 0 Å². The number of hydrogen-bond donors (Lipinski definition) is 1. The summed E-state index contributed by atoms with van der Waals surface area (Å²) in [6, 6.07) is 1.83. The zero-order chi connectivity index (χ0) is 10.4. The molecule has 0 aliphatic heterocycles. The summed E-state index contributed by atoms with van der Waals surface area (Å²) >= 11 is 1.57. The molecule has 0 atom stereocenters. The molecule has 78 valence electrons. The first-order valence-corrected chi connectivity index (χ1v) is 5.73. The lowest BCUT2D eigenvalue weighted by Crippen LogP contribution is -2.02. The Morgan fingerprint density at radius 3 is 3.00 bits per heavy atom. The van der Waals surface area contributed by atoms with Gasteiger partial charge in [-0.15, -0.1) is 0 Å². The molecule has 0 radical (unpaired) electrons. The highest BCUT2D eigenvalue weighted by Gasteiger charge is 2.06. The third kappa shape index (κ3) is 3.55. The van der Waals surface area contributed by atoms with Crippen LogP contribution < -0.4 is 0 Å². The van der Waals surface area contributed by atoms with E-state index in [1.165, 1.54) is 0 Å². The maximum Gasteiger partial charge on any atom is 0.174 e. The molecule has 14 heavy (non-hydrogen) atoms. The van der Waals surface area contributed by atoms with E-state index >= 15 is 0 Å². The largest absolute Gasteiger partial charge is 0.396 e. The standard InChI is InChI=1S/C10H15NO2S/c1-11-4-3-9(7-11)10(13)8-14-6-2-5-12/h3-4,7,12H,2,5-6,8H2,1H3. The predicted molar refractivity (Wildman–Crippen MR) is 58.8 cm³/mol. The third-order valence-electron chi connectivity index (χ3n) is 1.83. The van der Waals surface area contributed by atoms with Crippen molar-refractivity contribution in [2.45, 2.75) is 6.42 Å². The van der Waals surface area contributed by atoms with Gasteiger partial charge in [-0.05, 0) is 18.2 Å². The second kappa shape index (κ2) is 5.88. The van der Waals surface area contributed by atoms with E-state index in [0.717, 1.165) is 17.7 Å². The van der Waals surface area contributed by atoms with Crippen molar-refractivity contribution < 1.29 is 9.90 Å². The maximum atomic E-state index is 11.5. The highest BCUT2D eigenvalue weighted by Crippen LogP contribution is 2.08. The minimum atomic E-state index is 0.161. The van der Waals surface area contributed by atoms with Gasteiger partial charge in [-0.25, -0.2) is 0 Å². The van der Waals surface area contributed by atoms with Crippen molar-refractivity contribution in [2.75, 3.05) is 18.1 Å². The zero-order valence-electron chi connectivity index (χ0n) is 8.27. The lowest BCUT2D eigenvalue weighted by atomic mass is 10.2. The minimum Gasteiger partial charge on any atom is -0.396 e. The molecule has 0 saturated carbocycles. The lowest BCUT2D eigenvalue weighted by Gasteiger charge is -1.97. The molecule has 0 aromatic carbocycles. The number of nitrogens with zero attached hydrogens (tertiary/aromatic N) is 1. The van der Waals surface area contributed by atoms with Gasteiger partial charge in [0.15, 0.2) is 5.78 Å². The Labute approximate surface area is 88.1 Å². The van der Waals surface area contributed by atoms with E-state index < -0.39 is 0 Å². The van der Waals surface area contributed by atoms with E-state index in [1.807, 2.05) is 30.1 Å². The highest BCUT2D eigenvalue weighted by atomic mass is 32.2. The summed E-state index contributed by atoms with van der Waals surface area (Å²) in [6.07, 6.45) is 4.45. The van der Waals surface area contributed by atoms with Gasteiger partial charge in [0.05, 0.1) is 5.75 Å². The van der Waals surface area contributed by atoms with Crippen LogP contribution in [0, 0.1) is 0 Å². The lowest BCUT2D eigenvalue weighted by molar-refractivity contribution is 0.102. The number of carbonyl (C=O) groups is 1. The summed E-state index contributed by atoms with van der Waals surface area (Å²) in [4.78, 5) is 11.5. The number of rotatable bonds is 6. The molecule has 4 heteroatoms. The molecule has 1 N–H and O–H groups in total. The number of aliphatic hydroxyl groups excluding tert-OH is 1. The fourth-order valence-electron chi connectivity index (χ4n) is 1.08. The van der Waals surface area contributed by atoms with Gasteiger partial charge in [0.25, 0.3) is 0 Å². The number of aliphatic hydroxyl groups is 1. The summed E-state index contributed by atoms with van der Waals surface area (Å²) in [5.74, 6) is 1.51. The first-order valence-electron chi connectivity index (χ1n) is 4.58. The fraction of sp³-hybridized carbons (Fsp3) is 0.500. The molecule has 0 aliphatic rings. The van der Waals surface area contributed by atoms with Crippen LogP contribution in [0.15, 0.2) is 18.5 Å². The van der Waals surface area contributed by atoms with Crippen molar-refractivity contribution in [3.8, 4) is 0 Å². The summed E-state index contributed by atoms with van der Waals surface area (Å²) in [7, 11) is 1.90. The molecular weight excluding hydrogens is 198 g/mol. The van der Waals surface area contributed by atoms with Crippen LogP contribution in [0.25, 0.3) is 0 Å². The van der Waals surface area contributed by atoms with Gasteiger partial charge in [0, 0.05) is 31.6 Å². The summed E-state index contributed by atoms with van der Waals surface area (Å²) in [5, 5.41) is 8.55. The molecule has 1 aromatic rings. The maximum absolute atomic E-state index is 11.5. The van der Waals surface area contributed by atoms with Gasteiger partial charge in [0.2, 0.25) is 0 Å². The van der Waals surface area contributed by atoms with Gasteiger partial charge in [0.1, 0.15) is 0 Å². The van der Waals surface area contributed by atoms with Crippen LogP contribution in [0.5, 0.6) is 0 Å². The topological polar surface area (TPSA) is 42.2 Å². The van der Waals surface area contributed by atoms with Gasteiger partial charge in [-0.3, -0.25) is 4.79 Å². The van der Waals surface area contributed by atoms with Crippen LogP contribution in [-0.2, 0) is 7.05 Å². The van der Waals surface area contributed by atoms with Crippen LogP contribution in [0.3, 0.4) is 0 Å². The highest BCUT2D eigenvalue weighted by molar-refractivity contribution is 7.99. The van der Waals surface area contributed by atoms with Crippen molar-refractivity contribution in [3.05, 3.63) is 24.0 Å². The Balaban J connectivity index is 2.29. The molecule has 1 aromatic heterocycles. The van der Waals surface area contributed by atoms with E-state index in [9.17, 15) is 4.79 Å². The normalized spacial score (nSPS) is 10.4. The molecule has 1 heterocycles. The third-order valence-corrected chi connectivity index (χ3v) is 2.88. The molecule has 0 spiro atoms. The van der Waals surface area contributed by atoms with E-state index in [-0.39, 0.29) is 12.4 Å². The Morgan fingerprint density at radius 2 is 2.43 bits per heavy atom. The monoisotopic (exact) mass is 213 g/mol. The Morgan fingerprint density at radius 1 is 1.64 bits per heavy atom. The van der Waals surface area contributed by atoms with Gasteiger partial charge in [-0.2, -0.15) is 11.8 Å². The van der Waals surface area contributed by atoms with Gasteiger partial charge < -0.3 is 9.67 Å². The molecule has 0 saturated heterocycles. The van der Waals surface area contributed by atoms with Crippen LogP contribution in [0.4, 0.5) is 0 Å². The molecule has 1 rings (SSSR count). The van der Waals surface area contributed by atoms with Crippen molar-refractivity contribution in [2.24, 2.45) is 7.05 Å². The predicted octanol–water partition coefficient (Wildman–Crippen LogP) is 1.32. The zero-order valence-corrected chi connectivity index (χ0v) is 9.09. The quantitative estimate of drug-likeness (QED) is 0.572. The molecular formula is C10H15NO2S. The first kappa shape index (κ1) is 11.3. The number of thioether (sulfide) groups is 1. The Kier molecular flexibility index (Phi) is 4.76. The van der Waals surface area contributed by atoms with Crippen molar-refractivity contribution in [1.82, 2.24) is 4.57 Å². The van der Waals surface area contributed by atoms with E-state index in [0.29, 0.717) is 5.75 Å². The number of aryl methyl sites for hydroxylation is 1. The van der Waals surface area contributed by atoms with Crippen LogP contribution >= 0.6 is 11.8 Å². The number of Topliss-reactive ketones (excluding diaryl/α,β-unsaturated/α-hetero) is 1. The molecule has 3 nitrogen and oxygen atoms in total. The molecule has 0 unspecified atom stereocenters. The Hall–Kier alpha value is -0.740. The first-order chi connectivity index (χ1) is 6.74. The van der Waals surface area contributed by atoms with Crippen molar-refractivity contribution >= 4 is 17.5 Å². The smallest absolute Gasteiger partial charge is 0.174 e. The van der Waals surface area contributed by atoms with Crippen LogP contribution in [0.2, 0.25) is 0 Å². The minimum absolute atomic E-state index is 0.161. The van der Waals surface area contributed by atoms with E-state index in [2.05, 4.69) is 0 Å². The molecule has 0 bridgehead atoms. The van der Waals surface area contributed by atoms with Gasteiger partial charge in [-0.1, -0.05) is 0 Å². The van der Waals surface area contributed by atoms with Crippen molar-refractivity contribution in [3.63, 3.8) is 0 Å². The van der Waals surface area contributed by atoms with E-state index in [4.69, 9.17) is 5.11 Å². The average molecular weight is 213 g/mol. The number of ketones is 1. The number of hydrogen-bond acceptors (Lipinski definition) is 3. The second-order valence-electron chi connectivity index (χ2n) is 3.12. The van der Waals surface area contributed by atoms with Crippen LogP contribution in [0.1, 0.15) is 16.8 Å². The number of carbonyl (C=O) groups excluding carboxylic acids is 1. The summed E-state index contributed by atoms with van der Waals surface area (Å²) < 4.78 is 1.87. The summed E-state index contributed by atoms with van der Waals surface area (Å²) in [5.41, 5.74) is 0.768. The summed E-state index contributed by atoms with van der Waals surface area (Å²) in [6.45, 7) is 0.201. The molecule has 0 amide bonds. The number of aromatic nitrogens is 1.